The van der Waals surface area contributed by atoms with Gasteiger partial charge in [0.25, 0.3) is 0 Å². The van der Waals surface area contributed by atoms with Crippen LogP contribution in [0.5, 0.6) is 0 Å². The number of hydrogen-bond donors (Lipinski definition) is 3. The van der Waals surface area contributed by atoms with Crippen LogP contribution in [0.1, 0.15) is 11.1 Å². The largest absolute Gasteiger partial charge is 1.00 e. The minimum Gasteiger partial charge on any atom is -0.810 e. The molecule has 6 nitrogen and oxygen atoms in total. The summed E-state index contributed by atoms with van der Waals surface area (Å²) in [5.74, 6) is 0. The van der Waals surface area contributed by atoms with Crippen LogP contribution < -0.4 is 84.9 Å². The third-order valence-corrected chi connectivity index (χ3v) is 3.42. The van der Waals surface area contributed by atoms with Gasteiger partial charge in [-0.3, -0.25) is 0 Å². The Bertz CT molecular complexity index is 469. The second-order valence-corrected chi connectivity index (χ2v) is 6.18. The van der Waals surface area contributed by atoms with Crippen LogP contribution in [-0.4, -0.2) is 32.5 Å². The van der Waals surface area contributed by atoms with Gasteiger partial charge in [-0.15, -0.1) is 0 Å². The molecule has 23 heavy (non-hydrogen) atoms. The number of nitrogens with one attached hydrogen (secondary N) is 3. The molecule has 0 fully saturated rings. The van der Waals surface area contributed by atoms with E-state index >= 15 is 0 Å². The molecule has 0 aromatic heterocycles. The van der Waals surface area contributed by atoms with Crippen LogP contribution in [0.3, 0.4) is 0 Å². The summed E-state index contributed by atoms with van der Waals surface area (Å²) in [5, 5.41) is 9.02. The van der Waals surface area contributed by atoms with Gasteiger partial charge >= 0.3 is 59.1 Å². The van der Waals surface area contributed by atoms with Crippen molar-refractivity contribution in [1.29, 1.82) is 0 Å². The Labute approximate surface area is 182 Å². The summed E-state index contributed by atoms with van der Waals surface area (Å²) in [5.41, 5.74) is 2.32. The Morgan fingerprint density at radius 2 is 1.48 bits per heavy atom. The minimum atomic E-state index is -4.43. The molecule has 1 rings (SSSR count). The molecule has 0 spiro atoms. The molecule has 0 bridgehead atoms. The van der Waals surface area contributed by atoms with Crippen LogP contribution in [0.4, 0.5) is 0 Å². The maximum atomic E-state index is 10.4. The summed E-state index contributed by atoms with van der Waals surface area (Å²) < 4.78 is 10.4. The zero-order chi connectivity index (χ0) is 15.6. The van der Waals surface area contributed by atoms with Crippen molar-refractivity contribution in [2.24, 2.45) is 0 Å². The van der Waals surface area contributed by atoms with Crippen LogP contribution in [0.2, 0.25) is 0 Å². The predicted molar refractivity (Wildman–Crippen MR) is 81.6 cm³/mol. The van der Waals surface area contributed by atoms with Gasteiger partial charge in [0, 0.05) is 39.0 Å². The predicted octanol–water partition coefficient (Wildman–Crippen LogP) is -6.52. The standard InChI is InChI=1S/C14H24N3O3P.2Na/c1-2-13-3-5-14(6-4-13)11-16-9-7-15-8-10-17-12-21(18,19)20;;/h2-6,15-17H,1,7-12H2,(H2,18,19,20);;/q;2*+1/p-2. The summed E-state index contributed by atoms with van der Waals surface area (Å²) in [6.07, 6.45) is 1.32. The van der Waals surface area contributed by atoms with Gasteiger partial charge in [-0.05, 0) is 11.1 Å². The fraction of sp³-hybridized carbons (Fsp3) is 0.429. The van der Waals surface area contributed by atoms with Crippen molar-refractivity contribution in [3.8, 4) is 0 Å². The molecule has 0 saturated carbocycles. The molecule has 118 valence electrons. The van der Waals surface area contributed by atoms with E-state index in [0.717, 1.165) is 25.2 Å². The average molecular weight is 357 g/mol. The van der Waals surface area contributed by atoms with Gasteiger partial charge in [0.15, 0.2) is 0 Å². The molecule has 0 aliphatic carbocycles. The Morgan fingerprint density at radius 1 is 0.957 bits per heavy atom. The Balaban J connectivity index is 0. The molecule has 0 saturated heterocycles. The van der Waals surface area contributed by atoms with Crippen molar-refractivity contribution >= 4 is 13.7 Å². The van der Waals surface area contributed by atoms with E-state index in [0.29, 0.717) is 13.1 Å². The van der Waals surface area contributed by atoms with Crippen LogP contribution in [0.25, 0.3) is 6.08 Å². The molecule has 0 heterocycles. The molecule has 0 atom stereocenters. The Kier molecular flexibility index (Phi) is 17.4. The Morgan fingerprint density at radius 3 is 2.00 bits per heavy atom. The molecule has 0 unspecified atom stereocenters. The maximum absolute atomic E-state index is 10.4. The normalized spacial score (nSPS) is 10.5. The van der Waals surface area contributed by atoms with Crippen molar-refractivity contribution in [2.75, 3.05) is 32.5 Å². The first kappa shape index (κ1) is 26.2. The molecule has 1 aromatic carbocycles. The quantitative estimate of drug-likeness (QED) is 0.207. The van der Waals surface area contributed by atoms with Crippen molar-refractivity contribution in [3.05, 3.63) is 42.0 Å². The van der Waals surface area contributed by atoms with Crippen LogP contribution in [-0.2, 0) is 11.1 Å². The summed E-state index contributed by atoms with van der Waals surface area (Å²) in [7, 11) is -4.43. The zero-order valence-electron chi connectivity index (χ0n) is 14.0. The molecule has 3 N–H and O–H groups in total. The van der Waals surface area contributed by atoms with E-state index in [1.807, 2.05) is 18.2 Å². The van der Waals surface area contributed by atoms with Crippen LogP contribution >= 0.6 is 7.60 Å². The Hall–Kier alpha value is 0.990. The monoisotopic (exact) mass is 357 g/mol. The third kappa shape index (κ3) is 15.0. The van der Waals surface area contributed by atoms with E-state index in [4.69, 9.17) is 0 Å². The third-order valence-electron chi connectivity index (χ3n) is 2.81. The maximum Gasteiger partial charge on any atom is 1.00 e. The topological polar surface area (TPSA) is 99.3 Å². The van der Waals surface area contributed by atoms with Crippen molar-refractivity contribution in [2.45, 2.75) is 6.54 Å². The molecule has 0 aliphatic rings. The second-order valence-electron chi connectivity index (χ2n) is 4.64. The first-order valence-electron chi connectivity index (χ1n) is 6.86. The summed E-state index contributed by atoms with van der Waals surface area (Å²) in [6.45, 7) is 7.17. The van der Waals surface area contributed by atoms with E-state index in [1.165, 1.54) is 5.56 Å². The SMILES string of the molecule is C=Cc1ccc(CNCCNCCNCP(=O)([O-])[O-])cc1.[Na+].[Na+]. The number of benzene rings is 1. The van der Waals surface area contributed by atoms with Crippen molar-refractivity contribution in [1.82, 2.24) is 16.0 Å². The van der Waals surface area contributed by atoms with Crippen molar-refractivity contribution < 1.29 is 73.5 Å². The molecular weight excluding hydrogens is 335 g/mol. The van der Waals surface area contributed by atoms with E-state index in [2.05, 4.69) is 34.7 Å². The molecule has 9 heteroatoms. The number of hydrogen-bond acceptors (Lipinski definition) is 6. The molecule has 1 aromatic rings. The van der Waals surface area contributed by atoms with Gasteiger partial charge in [-0.25, -0.2) is 0 Å². The average Bonchev–Trinajstić information content (AvgIpc) is 2.45. The van der Waals surface area contributed by atoms with E-state index < -0.39 is 13.9 Å². The number of rotatable bonds is 11. The first-order valence-corrected chi connectivity index (χ1v) is 8.59. The van der Waals surface area contributed by atoms with E-state index in [-0.39, 0.29) is 59.1 Å². The second kappa shape index (κ2) is 15.3. The zero-order valence-corrected chi connectivity index (χ0v) is 18.9. The molecule has 0 amide bonds. The van der Waals surface area contributed by atoms with E-state index in [1.54, 1.807) is 0 Å². The fourth-order valence-electron chi connectivity index (χ4n) is 1.70. The molecule has 0 radical (unpaired) electrons. The van der Waals surface area contributed by atoms with Gasteiger partial charge in [0.1, 0.15) is 0 Å². The van der Waals surface area contributed by atoms with Gasteiger partial charge in [0.2, 0.25) is 0 Å². The van der Waals surface area contributed by atoms with Crippen LogP contribution in [0, 0.1) is 0 Å². The fourth-order valence-corrected chi connectivity index (χ4v) is 2.13. The van der Waals surface area contributed by atoms with Gasteiger partial charge in [0.05, 0.1) is 0 Å². The summed E-state index contributed by atoms with van der Waals surface area (Å²) >= 11 is 0. The van der Waals surface area contributed by atoms with Gasteiger partial charge in [-0.2, -0.15) is 0 Å². The van der Waals surface area contributed by atoms with E-state index in [9.17, 15) is 14.4 Å². The van der Waals surface area contributed by atoms with Gasteiger partial charge < -0.3 is 30.3 Å². The van der Waals surface area contributed by atoms with Crippen LogP contribution in [0.15, 0.2) is 30.8 Å². The molecular formula is C14H22N3Na2O3P. The minimum absolute atomic E-state index is 0. The summed E-state index contributed by atoms with van der Waals surface area (Å²) in [4.78, 5) is 20.7. The van der Waals surface area contributed by atoms with Crippen molar-refractivity contribution in [3.63, 3.8) is 0 Å². The summed E-state index contributed by atoms with van der Waals surface area (Å²) in [6, 6.07) is 8.17. The first-order chi connectivity index (χ1) is 10.0. The van der Waals surface area contributed by atoms with Gasteiger partial charge in [-0.1, -0.05) is 44.5 Å². The smallest absolute Gasteiger partial charge is 0.810 e. The molecule has 0 aliphatic heterocycles.